The van der Waals surface area contributed by atoms with Crippen LogP contribution in [0.15, 0.2) is 72.4 Å². The smallest absolute Gasteiger partial charge is 0.301 e. The topological polar surface area (TPSA) is 97.0 Å². The van der Waals surface area contributed by atoms with Crippen molar-refractivity contribution in [1.29, 1.82) is 0 Å². The number of pyridine rings is 1. The van der Waals surface area contributed by atoms with Crippen molar-refractivity contribution in [2.75, 3.05) is 11.5 Å². The minimum atomic E-state index is -0.921. The number of carbonyl (C=O) groups is 2. The average molecular weight is 559 g/mol. The first-order valence-electron chi connectivity index (χ1n) is 12.4. The van der Waals surface area contributed by atoms with E-state index in [0.29, 0.717) is 50.6 Å². The number of anilines is 1. The maximum atomic E-state index is 13.6. The number of amides is 1. The molecule has 1 amide bonds. The first-order chi connectivity index (χ1) is 18.9. The van der Waals surface area contributed by atoms with Gasteiger partial charge in [0.1, 0.15) is 17.1 Å². The fourth-order valence-corrected chi connectivity index (χ4v) is 6.10. The molecule has 3 aromatic heterocycles. The Bertz CT molecular complexity index is 1790. The lowest BCUT2D eigenvalue weighted by Crippen LogP contribution is -2.29. The van der Waals surface area contributed by atoms with Crippen molar-refractivity contribution in [3.05, 3.63) is 94.4 Å². The Labute approximate surface area is 232 Å². The number of aliphatic hydroxyl groups is 1. The van der Waals surface area contributed by atoms with Crippen molar-refractivity contribution in [2.45, 2.75) is 26.3 Å². The van der Waals surface area contributed by atoms with Crippen LogP contribution in [0.3, 0.4) is 0 Å². The minimum absolute atomic E-state index is 0.0340. The lowest BCUT2D eigenvalue weighted by molar-refractivity contribution is -0.132. The predicted molar refractivity (Wildman–Crippen MR) is 152 cm³/mol. The lowest BCUT2D eigenvalue weighted by Gasteiger charge is -2.23. The zero-order chi connectivity index (χ0) is 27.3. The summed E-state index contributed by atoms with van der Waals surface area (Å²) < 4.78 is 8.21. The third-order valence-corrected chi connectivity index (χ3v) is 7.84. The summed E-state index contributed by atoms with van der Waals surface area (Å²) in [4.78, 5) is 37.7. The molecule has 0 aliphatic carbocycles. The molecule has 8 nitrogen and oxygen atoms in total. The van der Waals surface area contributed by atoms with Gasteiger partial charge >= 0.3 is 5.91 Å². The van der Waals surface area contributed by atoms with Crippen LogP contribution in [-0.2, 0) is 9.59 Å². The highest BCUT2D eigenvalue weighted by Crippen LogP contribution is 2.45. The van der Waals surface area contributed by atoms with Crippen LogP contribution in [0.25, 0.3) is 21.6 Å². The van der Waals surface area contributed by atoms with E-state index in [2.05, 4.69) is 9.97 Å². The fraction of sp³-hybridized carbons (Fsp3) is 0.172. The van der Waals surface area contributed by atoms with E-state index in [1.54, 1.807) is 66.1 Å². The number of nitrogens with zero attached hydrogens (tertiary/aromatic N) is 4. The largest absolute Gasteiger partial charge is 0.505 e. The molecule has 10 heteroatoms. The number of ketones is 1. The molecule has 0 radical (unpaired) electrons. The number of rotatable bonds is 6. The quantitative estimate of drug-likeness (QED) is 0.149. The molecule has 1 aliphatic rings. The normalized spacial score (nSPS) is 17.0. The summed E-state index contributed by atoms with van der Waals surface area (Å²) in [6, 6.07) is 17.0. The molecule has 1 fully saturated rings. The summed E-state index contributed by atoms with van der Waals surface area (Å²) in [5.74, 6) is -1.20. The summed E-state index contributed by atoms with van der Waals surface area (Å²) in [5.41, 5.74) is 2.75. The van der Waals surface area contributed by atoms with Crippen LogP contribution in [0.5, 0.6) is 5.75 Å². The van der Waals surface area contributed by atoms with E-state index in [1.807, 2.05) is 19.1 Å². The maximum Gasteiger partial charge on any atom is 0.301 e. The summed E-state index contributed by atoms with van der Waals surface area (Å²) in [6.07, 6.45) is 2.62. The van der Waals surface area contributed by atoms with Gasteiger partial charge in [-0.2, -0.15) is 0 Å². The van der Waals surface area contributed by atoms with Gasteiger partial charge < -0.3 is 9.84 Å². The van der Waals surface area contributed by atoms with Crippen LogP contribution >= 0.6 is 22.9 Å². The van der Waals surface area contributed by atoms with Crippen molar-refractivity contribution in [1.82, 2.24) is 14.4 Å². The Morgan fingerprint density at radius 1 is 1.10 bits per heavy atom. The van der Waals surface area contributed by atoms with Crippen molar-refractivity contribution < 1.29 is 19.4 Å². The predicted octanol–water partition coefficient (Wildman–Crippen LogP) is 6.32. The molecule has 6 rings (SSSR count). The van der Waals surface area contributed by atoms with Crippen LogP contribution < -0.4 is 9.64 Å². The molecule has 1 unspecified atom stereocenters. The van der Waals surface area contributed by atoms with E-state index in [9.17, 15) is 14.7 Å². The van der Waals surface area contributed by atoms with Crippen LogP contribution in [0.4, 0.5) is 5.13 Å². The second-order valence-corrected chi connectivity index (χ2v) is 10.6. The van der Waals surface area contributed by atoms with Gasteiger partial charge in [-0.25, -0.2) is 9.97 Å². The number of aromatic nitrogens is 3. The maximum absolute atomic E-state index is 13.6. The molecule has 1 N–H and O–H groups in total. The molecule has 0 bridgehead atoms. The highest BCUT2D eigenvalue weighted by Gasteiger charge is 2.48. The van der Waals surface area contributed by atoms with E-state index in [1.165, 1.54) is 16.2 Å². The Morgan fingerprint density at radius 2 is 1.90 bits per heavy atom. The van der Waals surface area contributed by atoms with Gasteiger partial charge in [-0.05, 0) is 61.4 Å². The summed E-state index contributed by atoms with van der Waals surface area (Å²) >= 11 is 7.44. The molecule has 0 saturated carbocycles. The van der Waals surface area contributed by atoms with Crippen molar-refractivity contribution in [2.24, 2.45) is 0 Å². The number of hydrogen-bond acceptors (Lipinski definition) is 7. The second-order valence-electron chi connectivity index (χ2n) is 9.17. The van der Waals surface area contributed by atoms with Gasteiger partial charge in [0, 0.05) is 11.2 Å². The SMILES string of the molecule is CCCOc1ccc(C2/C(=C(\O)c3c(C)nc4ccccn34)C(=O)C(=O)N2c2nc3ccc(Cl)cc3s2)cc1. The standard InChI is InChI=1S/C29H23ClN4O4S/c1-3-14-38-19-10-7-17(8-11-19)25-23(26(35)24-16(2)31-22-6-4-5-13-33(22)24)27(36)28(37)34(25)29-32-20-12-9-18(30)15-21(20)39-29/h4-13,15,25,35H,3,14H2,1-2H3/b26-23+. The minimum Gasteiger partial charge on any atom is -0.505 e. The molecule has 1 aliphatic heterocycles. The monoisotopic (exact) mass is 558 g/mol. The molecular weight excluding hydrogens is 536 g/mol. The van der Waals surface area contributed by atoms with Gasteiger partial charge in [0.25, 0.3) is 5.78 Å². The van der Waals surface area contributed by atoms with Gasteiger partial charge in [-0.3, -0.25) is 18.9 Å². The van der Waals surface area contributed by atoms with Crippen molar-refractivity contribution in [3.63, 3.8) is 0 Å². The Hall–Kier alpha value is -4.21. The molecule has 4 heterocycles. The Kier molecular flexibility index (Phi) is 6.32. The Balaban J connectivity index is 1.56. The molecule has 5 aromatic rings. The molecule has 0 spiro atoms. The number of fused-ring (bicyclic) bond motifs is 2. The number of benzene rings is 2. The van der Waals surface area contributed by atoms with Gasteiger partial charge in [0.2, 0.25) is 0 Å². The average Bonchev–Trinajstić information content (AvgIpc) is 3.58. The third-order valence-electron chi connectivity index (χ3n) is 6.59. The van der Waals surface area contributed by atoms with Crippen molar-refractivity contribution in [3.8, 4) is 5.75 Å². The fourth-order valence-electron chi connectivity index (χ4n) is 4.83. The zero-order valence-corrected chi connectivity index (χ0v) is 22.7. The molecule has 1 saturated heterocycles. The van der Waals surface area contributed by atoms with Crippen LogP contribution in [-0.4, -0.2) is 37.8 Å². The molecular formula is C29H23ClN4O4S. The van der Waals surface area contributed by atoms with E-state index in [-0.39, 0.29) is 11.3 Å². The first-order valence-corrected chi connectivity index (χ1v) is 13.6. The van der Waals surface area contributed by atoms with E-state index >= 15 is 0 Å². The van der Waals surface area contributed by atoms with Crippen LogP contribution in [0.1, 0.15) is 36.3 Å². The number of Topliss-reactive ketones (excluding diaryl/α,β-unsaturated/α-hetero) is 1. The van der Waals surface area contributed by atoms with Gasteiger partial charge in [0.05, 0.1) is 34.1 Å². The third kappa shape index (κ3) is 4.24. The number of imidazole rings is 1. The van der Waals surface area contributed by atoms with Gasteiger partial charge in [0.15, 0.2) is 10.9 Å². The lowest BCUT2D eigenvalue weighted by atomic mass is 9.96. The summed E-state index contributed by atoms with van der Waals surface area (Å²) in [7, 11) is 0. The van der Waals surface area contributed by atoms with E-state index < -0.39 is 17.7 Å². The zero-order valence-electron chi connectivity index (χ0n) is 21.1. The highest BCUT2D eigenvalue weighted by molar-refractivity contribution is 7.22. The second kappa shape index (κ2) is 9.83. The van der Waals surface area contributed by atoms with Crippen LogP contribution in [0.2, 0.25) is 5.02 Å². The molecule has 2 aromatic carbocycles. The number of aryl methyl sites for hydroxylation is 1. The number of aliphatic hydroxyl groups excluding tert-OH is 1. The molecule has 1 atom stereocenters. The number of halogens is 1. The van der Waals surface area contributed by atoms with Gasteiger partial charge in [-0.1, -0.05) is 48.1 Å². The summed E-state index contributed by atoms with van der Waals surface area (Å²) in [5, 5.41) is 12.6. The molecule has 39 heavy (non-hydrogen) atoms. The Morgan fingerprint density at radius 3 is 2.67 bits per heavy atom. The van der Waals surface area contributed by atoms with E-state index in [0.717, 1.165) is 11.1 Å². The molecule has 196 valence electrons. The van der Waals surface area contributed by atoms with E-state index in [4.69, 9.17) is 16.3 Å². The summed E-state index contributed by atoms with van der Waals surface area (Å²) in [6.45, 7) is 4.35. The first kappa shape index (κ1) is 25.1. The number of hydrogen-bond donors (Lipinski definition) is 1. The number of thiazole rings is 1. The number of carbonyl (C=O) groups excluding carboxylic acids is 2. The van der Waals surface area contributed by atoms with Crippen molar-refractivity contribution >= 4 is 61.4 Å². The number of ether oxygens (including phenoxy) is 1. The van der Waals surface area contributed by atoms with Crippen LogP contribution in [0, 0.1) is 6.92 Å². The van der Waals surface area contributed by atoms with Gasteiger partial charge in [-0.15, -0.1) is 0 Å². The highest BCUT2D eigenvalue weighted by atomic mass is 35.5.